The van der Waals surface area contributed by atoms with Crippen LogP contribution in [0.3, 0.4) is 0 Å². The van der Waals surface area contributed by atoms with E-state index in [1.807, 2.05) is 18.2 Å². The summed E-state index contributed by atoms with van der Waals surface area (Å²) in [4.78, 5) is 48.1. The molecule has 1 N–H and O–H groups in total. The van der Waals surface area contributed by atoms with Crippen LogP contribution in [0.15, 0.2) is 24.4 Å². The van der Waals surface area contributed by atoms with Crippen LogP contribution in [0.5, 0.6) is 0 Å². The lowest BCUT2D eigenvalue weighted by molar-refractivity contribution is -0.137. The van der Waals surface area contributed by atoms with Gasteiger partial charge in [-0.25, -0.2) is 4.79 Å². The summed E-state index contributed by atoms with van der Waals surface area (Å²) < 4.78 is 5.10. The molecule has 0 radical (unpaired) electrons. The van der Waals surface area contributed by atoms with Crippen LogP contribution >= 0.6 is 0 Å². The zero-order chi connectivity index (χ0) is 22.5. The van der Waals surface area contributed by atoms with E-state index in [1.54, 1.807) is 38.8 Å². The number of aromatic nitrogens is 2. The van der Waals surface area contributed by atoms with Gasteiger partial charge in [-0.05, 0) is 58.2 Å². The minimum atomic E-state index is -0.682. The first kappa shape index (κ1) is 22.7. The lowest BCUT2D eigenvalue weighted by Gasteiger charge is -2.30. The molecule has 1 aliphatic rings. The fraction of sp³-hybridized carbons (Fsp3) is 0.500. The minimum absolute atomic E-state index is 0.000427. The van der Waals surface area contributed by atoms with Gasteiger partial charge in [-0.15, -0.1) is 0 Å². The number of ether oxygens (including phenoxy) is 1. The molecule has 1 fully saturated rings. The molecule has 0 saturated heterocycles. The Kier molecular flexibility index (Phi) is 7.25. The molecule has 1 atom stereocenters. The Hall–Kier alpha value is -2.96. The summed E-state index contributed by atoms with van der Waals surface area (Å²) in [5.74, 6) is -0.728. The number of aromatic amines is 1. The van der Waals surface area contributed by atoms with Crippen LogP contribution in [-0.4, -0.2) is 45.2 Å². The van der Waals surface area contributed by atoms with Gasteiger partial charge in [-0.2, -0.15) is 0 Å². The van der Waals surface area contributed by atoms with Crippen molar-refractivity contribution in [1.29, 1.82) is 0 Å². The molecule has 166 valence electrons. The average molecular weight is 426 g/mol. The molecular formula is C24H31N3O4. The molecule has 0 spiro atoms. The molecule has 0 aliphatic heterocycles. The predicted molar refractivity (Wildman–Crippen MR) is 117 cm³/mol. The molecule has 0 aromatic carbocycles. The Morgan fingerprint density at radius 1 is 1.23 bits per heavy atom. The highest BCUT2D eigenvalue weighted by atomic mass is 16.5. The highest BCUT2D eigenvalue weighted by Crippen LogP contribution is 2.29. The summed E-state index contributed by atoms with van der Waals surface area (Å²) in [7, 11) is 0. The highest BCUT2D eigenvalue weighted by molar-refractivity contribution is 6.06. The van der Waals surface area contributed by atoms with Gasteiger partial charge in [-0.1, -0.05) is 18.9 Å². The smallest absolute Gasteiger partial charge is 0.355 e. The largest absolute Gasteiger partial charge is 0.461 e. The van der Waals surface area contributed by atoms with Crippen LogP contribution < -0.4 is 0 Å². The summed E-state index contributed by atoms with van der Waals surface area (Å²) in [5, 5.41) is 0. The molecule has 2 aromatic rings. The fourth-order valence-corrected chi connectivity index (χ4v) is 4.36. The van der Waals surface area contributed by atoms with Gasteiger partial charge in [0.1, 0.15) is 5.69 Å². The van der Waals surface area contributed by atoms with Crippen molar-refractivity contribution in [2.75, 3.05) is 6.61 Å². The summed E-state index contributed by atoms with van der Waals surface area (Å²) in [6.45, 7) is 7.52. The number of pyridine rings is 1. The summed E-state index contributed by atoms with van der Waals surface area (Å²) >= 11 is 0. The van der Waals surface area contributed by atoms with Crippen LogP contribution in [0, 0.1) is 19.8 Å². The van der Waals surface area contributed by atoms with Crippen LogP contribution in [0.2, 0.25) is 0 Å². The van der Waals surface area contributed by atoms with E-state index in [2.05, 4.69) is 9.97 Å². The molecule has 1 aliphatic carbocycles. The topological polar surface area (TPSA) is 92.4 Å². The van der Waals surface area contributed by atoms with Crippen molar-refractivity contribution in [1.82, 2.24) is 14.9 Å². The van der Waals surface area contributed by atoms with E-state index in [4.69, 9.17) is 4.74 Å². The molecule has 1 saturated carbocycles. The van der Waals surface area contributed by atoms with Gasteiger partial charge in [0.05, 0.1) is 24.9 Å². The van der Waals surface area contributed by atoms with Gasteiger partial charge < -0.3 is 14.6 Å². The van der Waals surface area contributed by atoms with E-state index in [-0.39, 0.29) is 36.5 Å². The molecule has 1 amide bonds. The van der Waals surface area contributed by atoms with E-state index in [0.717, 1.165) is 31.4 Å². The Balaban J connectivity index is 1.91. The van der Waals surface area contributed by atoms with E-state index in [9.17, 15) is 14.4 Å². The number of nitrogens with zero attached hydrogens (tertiary/aromatic N) is 2. The SMILES string of the molecule is CCOC(=O)c1[nH]c(C)c(C(=O)[C@H](C)N(Cc2ccccn2)C(=O)C2CCCC2)c1C. The Morgan fingerprint density at radius 3 is 2.55 bits per heavy atom. The third kappa shape index (κ3) is 4.86. The van der Waals surface area contributed by atoms with Gasteiger partial charge >= 0.3 is 5.97 Å². The van der Waals surface area contributed by atoms with Crippen molar-refractivity contribution >= 4 is 17.7 Å². The number of rotatable bonds is 8. The zero-order valence-corrected chi connectivity index (χ0v) is 18.7. The molecule has 31 heavy (non-hydrogen) atoms. The first-order valence-electron chi connectivity index (χ1n) is 11.0. The van der Waals surface area contributed by atoms with Crippen molar-refractivity contribution in [3.05, 3.63) is 52.6 Å². The van der Waals surface area contributed by atoms with Gasteiger partial charge in [0.2, 0.25) is 5.91 Å². The maximum Gasteiger partial charge on any atom is 0.355 e. The summed E-state index contributed by atoms with van der Waals surface area (Å²) in [5.41, 5.74) is 2.62. The number of ketones is 1. The first-order chi connectivity index (χ1) is 14.8. The van der Waals surface area contributed by atoms with Crippen LogP contribution in [-0.2, 0) is 16.1 Å². The number of carbonyl (C=O) groups is 3. The first-order valence-corrected chi connectivity index (χ1v) is 11.0. The number of hydrogen-bond donors (Lipinski definition) is 1. The quantitative estimate of drug-likeness (QED) is 0.510. The zero-order valence-electron chi connectivity index (χ0n) is 18.7. The molecule has 2 aromatic heterocycles. The fourth-order valence-electron chi connectivity index (χ4n) is 4.36. The normalized spacial score (nSPS) is 15.0. The number of hydrogen-bond acceptors (Lipinski definition) is 5. The molecule has 0 unspecified atom stereocenters. The molecule has 2 heterocycles. The number of carbonyl (C=O) groups excluding carboxylic acids is 3. The summed E-state index contributed by atoms with van der Waals surface area (Å²) in [6.07, 6.45) is 5.47. The second kappa shape index (κ2) is 9.90. The lowest BCUT2D eigenvalue weighted by Crippen LogP contribution is -2.45. The maximum atomic E-state index is 13.5. The summed E-state index contributed by atoms with van der Waals surface area (Å²) in [6, 6.07) is 4.88. The van der Waals surface area contributed by atoms with Gasteiger partial charge in [0.15, 0.2) is 5.78 Å². The molecular weight excluding hydrogens is 394 g/mol. The number of nitrogens with one attached hydrogen (secondary N) is 1. The van der Waals surface area contributed by atoms with Gasteiger partial charge in [0, 0.05) is 23.4 Å². The molecule has 3 rings (SSSR count). The van der Waals surface area contributed by atoms with Crippen molar-refractivity contribution in [2.45, 2.75) is 66.0 Å². The van der Waals surface area contributed by atoms with Crippen LogP contribution in [0.25, 0.3) is 0 Å². The predicted octanol–water partition coefficient (Wildman–Crippen LogP) is 3.99. The van der Waals surface area contributed by atoms with Crippen molar-refractivity contribution in [3.8, 4) is 0 Å². The number of amides is 1. The number of aryl methyl sites for hydroxylation is 1. The standard InChI is InChI=1S/C24H31N3O4/c1-5-31-24(30)21-15(2)20(16(3)26-21)22(28)17(4)27(14-19-12-8-9-13-25-19)23(29)18-10-6-7-11-18/h8-9,12-13,17-18,26H,5-7,10-11,14H2,1-4H3/t17-/m0/s1. The second-order valence-corrected chi connectivity index (χ2v) is 8.15. The Morgan fingerprint density at radius 2 is 1.94 bits per heavy atom. The number of Topliss-reactive ketones (excluding diaryl/α,β-unsaturated/α-hetero) is 1. The Bertz CT molecular complexity index is 945. The average Bonchev–Trinajstić information content (AvgIpc) is 3.40. The lowest BCUT2D eigenvalue weighted by atomic mass is 9.97. The van der Waals surface area contributed by atoms with Gasteiger partial charge in [-0.3, -0.25) is 14.6 Å². The Labute approximate surface area is 183 Å². The van der Waals surface area contributed by atoms with E-state index < -0.39 is 12.0 Å². The van der Waals surface area contributed by atoms with Crippen molar-refractivity contribution in [3.63, 3.8) is 0 Å². The number of H-pyrrole nitrogens is 1. The minimum Gasteiger partial charge on any atom is -0.461 e. The maximum absolute atomic E-state index is 13.5. The van der Waals surface area contributed by atoms with Gasteiger partial charge in [0.25, 0.3) is 0 Å². The number of esters is 1. The monoisotopic (exact) mass is 425 g/mol. The molecule has 0 bridgehead atoms. The van der Waals surface area contributed by atoms with Crippen LogP contribution in [0.4, 0.5) is 0 Å². The molecule has 7 heteroatoms. The molecule has 7 nitrogen and oxygen atoms in total. The second-order valence-electron chi connectivity index (χ2n) is 8.15. The van der Waals surface area contributed by atoms with E-state index >= 15 is 0 Å². The highest BCUT2D eigenvalue weighted by Gasteiger charge is 2.35. The third-order valence-corrected chi connectivity index (χ3v) is 6.06. The van der Waals surface area contributed by atoms with Crippen molar-refractivity contribution in [2.24, 2.45) is 5.92 Å². The van der Waals surface area contributed by atoms with E-state index in [0.29, 0.717) is 16.8 Å². The van der Waals surface area contributed by atoms with E-state index in [1.165, 1.54) is 0 Å². The third-order valence-electron chi connectivity index (χ3n) is 6.06. The van der Waals surface area contributed by atoms with Crippen LogP contribution in [0.1, 0.15) is 77.3 Å². The van der Waals surface area contributed by atoms with Crippen molar-refractivity contribution < 1.29 is 19.1 Å².